The molecule has 2 amide bonds. The Morgan fingerprint density at radius 1 is 1.41 bits per heavy atom. The molecule has 0 aliphatic carbocycles. The van der Waals surface area contributed by atoms with Crippen molar-refractivity contribution in [2.24, 2.45) is 0 Å². The summed E-state index contributed by atoms with van der Waals surface area (Å²) in [4.78, 5) is 36.5. The average Bonchev–Trinajstić information content (AvgIpc) is 2.95. The van der Waals surface area contributed by atoms with Crippen molar-refractivity contribution in [3.05, 3.63) is 22.2 Å². The van der Waals surface area contributed by atoms with Gasteiger partial charge in [0.2, 0.25) is 0 Å². The molecule has 1 atom stereocenters. The number of anilines is 1. The van der Waals surface area contributed by atoms with Gasteiger partial charge < -0.3 is 20.1 Å². The van der Waals surface area contributed by atoms with Gasteiger partial charge in [0, 0.05) is 11.0 Å². The zero-order valence-electron chi connectivity index (χ0n) is 11.5. The van der Waals surface area contributed by atoms with E-state index in [0.29, 0.717) is 40.9 Å². The molecule has 2 N–H and O–H groups in total. The van der Waals surface area contributed by atoms with Crippen LogP contribution in [0.4, 0.5) is 5.69 Å². The molecule has 0 radical (unpaired) electrons. The Kier molecular flexibility index (Phi) is 3.78. The Bertz CT molecular complexity index is 675. The van der Waals surface area contributed by atoms with E-state index in [4.69, 9.17) is 4.74 Å². The molecule has 0 unspecified atom stereocenters. The van der Waals surface area contributed by atoms with E-state index in [0.717, 1.165) is 0 Å². The standard InChI is InChI=1S/C14H13BrN2O5/c15-8-5-9-11(22-6-12(18)16-9)4-7(8)13(19)17-3-1-2-10(17)14(20)21/h4-5,10H,1-3,6H2,(H,16,18)(H,20,21)/t10-/m1/s1. The Hall–Kier alpha value is -2.09. The SMILES string of the molecule is O=C1COc2cc(C(=O)N3CCC[C@@H]3C(=O)O)c(Br)cc2N1. The molecule has 8 heteroatoms. The highest BCUT2D eigenvalue weighted by atomic mass is 79.9. The fraction of sp³-hybridized carbons (Fsp3) is 0.357. The largest absolute Gasteiger partial charge is 0.482 e. The van der Waals surface area contributed by atoms with Gasteiger partial charge in [-0.25, -0.2) is 4.79 Å². The van der Waals surface area contributed by atoms with E-state index >= 15 is 0 Å². The Labute approximate surface area is 134 Å². The van der Waals surface area contributed by atoms with E-state index in [2.05, 4.69) is 21.2 Å². The minimum Gasteiger partial charge on any atom is -0.482 e. The molecule has 1 saturated heterocycles. The van der Waals surface area contributed by atoms with Crippen molar-refractivity contribution in [1.82, 2.24) is 4.90 Å². The van der Waals surface area contributed by atoms with Gasteiger partial charge in [-0.2, -0.15) is 0 Å². The molecule has 1 aromatic carbocycles. The lowest BCUT2D eigenvalue weighted by atomic mass is 10.1. The van der Waals surface area contributed by atoms with Crippen LogP contribution in [-0.4, -0.2) is 47.0 Å². The fourth-order valence-electron chi connectivity index (χ4n) is 2.69. The van der Waals surface area contributed by atoms with Crippen LogP contribution in [0, 0.1) is 0 Å². The van der Waals surface area contributed by atoms with Gasteiger partial charge >= 0.3 is 5.97 Å². The maximum atomic E-state index is 12.6. The zero-order chi connectivity index (χ0) is 15.9. The summed E-state index contributed by atoms with van der Waals surface area (Å²) in [5.74, 6) is -1.22. The quantitative estimate of drug-likeness (QED) is 0.823. The van der Waals surface area contributed by atoms with Crippen molar-refractivity contribution in [2.75, 3.05) is 18.5 Å². The van der Waals surface area contributed by atoms with E-state index < -0.39 is 12.0 Å². The van der Waals surface area contributed by atoms with Crippen molar-refractivity contribution in [3.63, 3.8) is 0 Å². The van der Waals surface area contributed by atoms with Crippen molar-refractivity contribution < 1.29 is 24.2 Å². The number of hydrogen-bond acceptors (Lipinski definition) is 4. The number of carbonyl (C=O) groups is 3. The first-order valence-corrected chi connectivity index (χ1v) is 7.56. The van der Waals surface area contributed by atoms with Gasteiger partial charge in [0.1, 0.15) is 11.8 Å². The van der Waals surface area contributed by atoms with Crippen molar-refractivity contribution in [1.29, 1.82) is 0 Å². The first-order valence-electron chi connectivity index (χ1n) is 6.77. The lowest BCUT2D eigenvalue weighted by Gasteiger charge is -2.24. The van der Waals surface area contributed by atoms with Gasteiger partial charge in [0.05, 0.1) is 11.3 Å². The van der Waals surface area contributed by atoms with Crippen molar-refractivity contribution in [3.8, 4) is 5.75 Å². The van der Waals surface area contributed by atoms with Crippen LogP contribution in [-0.2, 0) is 9.59 Å². The summed E-state index contributed by atoms with van der Waals surface area (Å²) in [5, 5.41) is 11.8. The summed E-state index contributed by atoms with van der Waals surface area (Å²) in [7, 11) is 0. The summed E-state index contributed by atoms with van der Waals surface area (Å²) in [5.41, 5.74) is 0.805. The Morgan fingerprint density at radius 3 is 2.91 bits per heavy atom. The predicted molar refractivity (Wildman–Crippen MR) is 80.0 cm³/mol. The predicted octanol–water partition coefficient (Wildman–Crippen LogP) is 1.47. The van der Waals surface area contributed by atoms with Crippen LogP contribution < -0.4 is 10.1 Å². The van der Waals surface area contributed by atoms with E-state index in [-0.39, 0.29) is 18.4 Å². The highest BCUT2D eigenvalue weighted by molar-refractivity contribution is 9.10. The molecule has 22 heavy (non-hydrogen) atoms. The van der Waals surface area contributed by atoms with Gasteiger partial charge in [0.15, 0.2) is 6.61 Å². The number of hydrogen-bond donors (Lipinski definition) is 2. The lowest BCUT2D eigenvalue weighted by Crippen LogP contribution is -2.40. The smallest absolute Gasteiger partial charge is 0.326 e. The van der Waals surface area contributed by atoms with Crippen molar-refractivity contribution in [2.45, 2.75) is 18.9 Å². The maximum Gasteiger partial charge on any atom is 0.326 e. The minimum absolute atomic E-state index is 0.107. The molecule has 1 fully saturated rings. The summed E-state index contributed by atoms with van der Waals surface area (Å²) in [6.07, 6.45) is 1.12. The number of fused-ring (bicyclic) bond motifs is 1. The van der Waals surface area contributed by atoms with E-state index in [9.17, 15) is 19.5 Å². The number of amides is 2. The zero-order valence-corrected chi connectivity index (χ0v) is 13.1. The number of aliphatic carboxylic acids is 1. The summed E-state index contributed by atoms with van der Waals surface area (Å²) >= 11 is 3.30. The molecule has 3 rings (SSSR count). The van der Waals surface area contributed by atoms with Gasteiger partial charge in [-0.05, 0) is 40.9 Å². The third kappa shape index (κ3) is 2.54. The fourth-order valence-corrected chi connectivity index (χ4v) is 3.20. The molecule has 2 aliphatic rings. The Balaban J connectivity index is 1.93. The molecule has 1 aromatic rings. The first-order chi connectivity index (χ1) is 10.5. The number of nitrogens with one attached hydrogen (secondary N) is 1. The Morgan fingerprint density at radius 2 is 2.18 bits per heavy atom. The second-order valence-electron chi connectivity index (χ2n) is 5.16. The third-order valence-electron chi connectivity index (χ3n) is 3.73. The van der Waals surface area contributed by atoms with Gasteiger partial charge in [0.25, 0.3) is 11.8 Å². The number of carbonyl (C=O) groups excluding carboxylic acids is 2. The number of rotatable bonds is 2. The molecular weight excluding hydrogens is 356 g/mol. The number of carboxylic acid groups (broad SMARTS) is 1. The highest BCUT2D eigenvalue weighted by Gasteiger charge is 2.35. The van der Waals surface area contributed by atoms with Gasteiger partial charge in [-0.15, -0.1) is 0 Å². The third-order valence-corrected chi connectivity index (χ3v) is 4.39. The van der Waals surface area contributed by atoms with E-state index in [1.807, 2.05) is 0 Å². The minimum atomic E-state index is -0.997. The maximum absolute atomic E-state index is 12.6. The number of likely N-dealkylation sites (tertiary alicyclic amines) is 1. The van der Waals surface area contributed by atoms with Crippen LogP contribution in [0.15, 0.2) is 16.6 Å². The van der Waals surface area contributed by atoms with E-state index in [1.54, 1.807) is 6.07 Å². The normalized spacial score (nSPS) is 20.1. The monoisotopic (exact) mass is 368 g/mol. The van der Waals surface area contributed by atoms with E-state index in [1.165, 1.54) is 11.0 Å². The topological polar surface area (TPSA) is 95.9 Å². The molecule has 0 aromatic heterocycles. The number of benzene rings is 1. The molecule has 7 nitrogen and oxygen atoms in total. The summed E-state index contributed by atoms with van der Waals surface area (Å²) < 4.78 is 5.78. The molecule has 0 bridgehead atoms. The summed E-state index contributed by atoms with van der Waals surface area (Å²) in [6.45, 7) is 0.306. The molecule has 0 spiro atoms. The average molecular weight is 369 g/mol. The van der Waals surface area contributed by atoms with Gasteiger partial charge in [-0.3, -0.25) is 9.59 Å². The molecule has 116 valence electrons. The van der Waals surface area contributed by atoms with Gasteiger partial charge in [-0.1, -0.05) is 0 Å². The number of carboxylic acids is 1. The molecular formula is C14H13BrN2O5. The number of ether oxygens (including phenoxy) is 1. The lowest BCUT2D eigenvalue weighted by molar-refractivity contribution is -0.141. The molecule has 0 saturated carbocycles. The number of nitrogens with zero attached hydrogens (tertiary/aromatic N) is 1. The van der Waals surface area contributed by atoms with Crippen LogP contribution in [0.3, 0.4) is 0 Å². The highest BCUT2D eigenvalue weighted by Crippen LogP contribution is 2.35. The van der Waals surface area contributed by atoms with Crippen LogP contribution in [0.2, 0.25) is 0 Å². The first kappa shape index (κ1) is 14.8. The second kappa shape index (κ2) is 5.60. The summed E-state index contributed by atoms with van der Waals surface area (Å²) in [6, 6.07) is 2.32. The van der Waals surface area contributed by atoms with Crippen LogP contribution in [0.25, 0.3) is 0 Å². The second-order valence-corrected chi connectivity index (χ2v) is 6.01. The number of halogens is 1. The van der Waals surface area contributed by atoms with Crippen LogP contribution >= 0.6 is 15.9 Å². The van der Waals surface area contributed by atoms with Crippen LogP contribution in [0.1, 0.15) is 23.2 Å². The molecule has 2 aliphatic heterocycles. The van der Waals surface area contributed by atoms with Crippen LogP contribution in [0.5, 0.6) is 5.75 Å². The van der Waals surface area contributed by atoms with Crippen molar-refractivity contribution >= 4 is 39.4 Å². The molecule has 2 heterocycles.